The second kappa shape index (κ2) is 1.70. The van der Waals surface area contributed by atoms with E-state index in [1.807, 2.05) is 0 Å². The summed E-state index contributed by atoms with van der Waals surface area (Å²) in [5.74, 6) is 0. The maximum absolute atomic E-state index is 5.22. The Balaban J connectivity index is 1.65. The average Bonchev–Trinajstić information content (AvgIpc) is 2.58. The first kappa shape index (κ1) is 5.69. The zero-order chi connectivity index (χ0) is 6.32. The summed E-state index contributed by atoms with van der Waals surface area (Å²) in [5.41, 5.74) is 0.242. The molecule has 0 saturated carbocycles. The lowest BCUT2D eigenvalue weighted by molar-refractivity contribution is 0.289. The van der Waals surface area contributed by atoms with Gasteiger partial charge >= 0.3 is 0 Å². The van der Waals surface area contributed by atoms with Gasteiger partial charge in [-0.3, -0.25) is 0 Å². The van der Waals surface area contributed by atoms with Gasteiger partial charge in [-0.2, -0.15) is 0 Å². The fourth-order valence-corrected chi connectivity index (χ4v) is 0.969. The van der Waals surface area contributed by atoms with Gasteiger partial charge in [-0.1, -0.05) is 0 Å². The third-order valence-corrected chi connectivity index (χ3v) is 2.03. The van der Waals surface area contributed by atoms with E-state index >= 15 is 0 Å². The zero-order valence-corrected chi connectivity index (χ0v) is 5.72. The van der Waals surface area contributed by atoms with Gasteiger partial charge in [-0.05, 0) is 19.8 Å². The minimum Gasteiger partial charge on any atom is -0.373 e. The van der Waals surface area contributed by atoms with Crippen LogP contribution in [0.25, 0.3) is 0 Å². The lowest BCUT2D eigenvalue weighted by atomic mass is 10.1. The fraction of sp³-hybridized carbons (Fsp3) is 1.00. The van der Waals surface area contributed by atoms with E-state index in [2.05, 4.69) is 6.92 Å². The van der Waals surface area contributed by atoms with Gasteiger partial charge < -0.3 is 9.47 Å². The Hall–Kier alpha value is -0.0800. The topological polar surface area (TPSA) is 25.1 Å². The molecule has 9 heavy (non-hydrogen) atoms. The second-order valence-electron chi connectivity index (χ2n) is 3.23. The van der Waals surface area contributed by atoms with Crippen LogP contribution in [0.3, 0.4) is 0 Å². The van der Waals surface area contributed by atoms with Gasteiger partial charge in [0.25, 0.3) is 0 Å². The van der Waals surface area contributed by atoms with Crippen molar-refractivity contribution in [2.24, 2.45) is 0 Å². The molecule has 0 amide bonds. The van der Waals surface area contributed by atoms with Gasteiger partial charge in [-0.15, -0.1) is 0 Å². The Labute approximate surface area is 55.1 Å². The highest BCUT2D eigenvalue weighted by atomic mass is 16.6. The first-order valence-corrected chi connectivity index (χ1v) is 3.54. The molecule has 2 rings (SSSR count). The molecule has 0 radical (unpaired) electrons. The highest BCUT2D eigenvalue weighted by Crippen LogP contribution is 2.33. The van der Waals surface area contributed by atoms with E-state index in [4.69, 9.17) is 9.47 Å². The van der Waals surface area contributed by atoms with Crippen molar-refractivity contribution in [2.45, 2.75) is 31.5 Å². The lowest BCUT2D eigenvalue weighted by Crippen LogP contribution is -2.05. The molecule has 2 fully saturated rings. The van der Waals surface area contributed by atoms with Crippen molar-refractivity contribution in [3.63, 3.8) is 0 Å². The van der Waals surface area contributed by atoms with Crippen LogP contribution >= 0.6 is 0 Å². The predicted molar refractivity (Wildman–Crippen MR) is 33.3 cm³/mol. The largest absolute Gasteiger partial charge is 0.373 e. The quantitative estimate of drug-likeness (QED) is 0.529. The summed E-state index contributed by atoms with van der Waals surface area (Å²) in [5, 5.41) is 0. The molecule has 52 valence electrons. The maximum atomic E-state index is 5.22. The van der Waals surface area contributed by atoms with Crippen LogP contribution in [-0.4, -0.2) is 24.9 Å². The van der Waals surface area contributed by atoms with Crippen molar-refractivity contribution >= 4 is 0 Å². The van der Waals surface area contributed by atoms with Crippen molar-refractivity contribution < 1.29 is 9.47 Å². The summed E-state index contributed by atoms with van der Waals surface area (Å²) in [7, 11) is 0. The summed E-state index contributed by atoms with van der Waals surface area (Å²) in [6.45, 7) is 4.10. The number of rotatable bonds is 3. The molecule has 2 saturated heterocycles. The van der Waals surface area contributed by atoms with Crippen LogP contribution in [0.15, 0.2) is 0 Å². The minimum atomic E-state index is 0.242. The molecular formula is C7H12O2. The average molecular weight is 128 g/mol. The molecule has 0 aromatic rings. The molecule has 0 N–H and O–H groups in total. The first-order chi connectivity index (χ1) is 4.29. The predicted octanol–water partition coefficient (Wildman–Crippen LogP) is 0.954. The van der Waals surface area contributed by atoms with Gasteiger partial charge in [0.1, 0.15) is 0 Å². The third-order valence-electron chi connectivity index (χ3n) is 2.03. The van der Waals surface area contributed by atoms with Crippen LogP contribution in [-0.2, 0) is 9.47 Å². The zero-order valence-electron chi connectivity index (χ0n) is 5.72. The van der Waals surface area contributed by atoms with Crippen LogP contribution < -0.4 is 0 Å². The highest BCUT2D eigenvalue weighted by molar-refractivity contribution is 4.88. The molecule has 0 aromatic heterocycles. The normalized spacial score (nSPS) is 47.0. The number of hydrogen-bond donors (Lipinski definition) is 0. The van der Waals surface area contributed by atoms with Crippen molar-refractivity contribution in [1.82, 2.24) is 0 Å². The van der Waals surface area contributed by atoms with E-state index in [9.17, 15) is 0 Å². The maximum Gasteiger partial charge on any atom is 0.0889 e. The summed E-state index contributed by atoms with van der Waals surface area (Å²) in [6, 6.07) is 0. The first-order valence-electron chi connectivity index (χ1n) is 3.54. The number of hydrogen-bond acceptors (Lipinski definition) is 2. The standard InChI is InChI=1S/C7H12O2/c1-7(5-9-7)3-2-6-4-8-6/h6H,2-5H2,1H3. The molecule has 0 spiro atoms. The van der Waals surface area contributed by atoms with E-state index in [1.165, 1.54) is 12.8 Å². The van der Waals surface area contributed by atoms with Crippen LogP contribution in [0.5, 0.6) is 0 Å². The Kier molecular flexibility index (Phi) is 1.08. The van der Waals surface area contributed by atoms with Gasteiger partial charge in [0, 0.05) is 0 Å². The van der Waals surface area contributed by atoms with Gasteiger partial charge in [0.2, 0.25) is 0 Å². The molecule has 2 atom stereocenters. The van der Waals surface area contributed by atoms with Crippen molar-refractivity contribution in [2.75, 3.05) is 13.2 Å². The Morgan fingerprint density at radius 1 is 1.67 bits per heavy atom. The van der Waals surface area contributed by atoms with Crippen molar-refractivity contribution in [3.05, 3.63) is 0 Å². The molecule has 2 heteroatoms. The van der Waals surface area contributed by atoms with Crippen molar-refractivity contribution in [1.29, 1.82) is 0 Å². The molecule has 0 aromatic carbocycles. The lowest BCUT2D eigenvalue weighted by Gasteiger charge is -1.99. The fourth-order valence-electron chi connectivity index (χ4n) is 0.969. The van der Waals surface area contributed by atoms with E-state index in [-0.39, 0.29) is 5.60 Å². The van der Waals surface area contributed by atoms with E-state index in [1.54, 1.807) is 0 Å². The number of ether oxygens (including phenoxy) is 2. The Morgan fingerprint density at radius 3 is 2.78 bits per heavy atom. The van der Waals surface area contributed by atoms with Gasteiger partial charge in [-0.25, -0.2) is 0 Å². The van der Waals surface area contributed by atoms with Crippen molar-refractivity contribution in [3.8, 4) is 0 Å². The van der Waals surface area contributed by atoms with E-state index < -0.39 is 0 Å². The Bertz CT molecular complexity index is 114. The second-order valence-corrected chi connectivity index (χ2v) is 3.23. The SMILES string of the molecule is CC1(CCC2CO2)CO1. The molecule has 2 heterocycles. The van der Waals surface area contributed by atoms with Gasteiger partial charge in [0.15, 0.2) is 0 Å². The summed E-state index contributed by atoms with van der Waals surface area (Å²) < 4.78 is 10.3. The summed E-state index contributed by atoms with van der Waals surface area (Å²) >= 11 is 0. The molecule has 0 aliphatic carbocycles. The van der Waals surface area contributed by atoms with Gasteiger partial charge in [0.05, 0.1) is 24.9 Å². The third kappa shape index (κ3) is 1.43. The molecule has 2 aliphatic heterocycles. The highest BCUT2D eigenvalue weighted by Gasteiger charge is 2.40. The molecule has 2 nitrogen and oxygen atoms in total. The molecule has 0 bridgehead atoms. The van der Waals surface area contributed by atoms with Crippen LogP contribution in [0, 0.1) is 0 Å². The summed E-state index contributed by atoms with van der Waals surface area (Å²) in [4.78, 5) is 0. The van der Waals surface area contributed by atoms with Crippen LogP contribution in [0.2, 0.25) is 0 Å². The van der Waals surface area contributed by atoms with Crippen LogP contribution in [0.4, 0.5) is 0 Å². The molecular weight excluding hydrogens is 116 g/mol. The monoisotopic (exact) mass is 128 g/mol. The smallest absolute Gasteiger partial charge is 0.0889 e. The van der Waals surface area contributed by atoms with E-state index in [0.29, 0.717) is 6.10 Å². The number of epoxide rings is 2. The summed E-state index contributed by atoms with van der Waals surface area (Å²) in [6.07, 6.45) is 2.94. The molecule has 2 unspecified atom stereocenters. The van der Waals surface area contributed by atoms with E-state index in [0.717, 1.165) is 13.2 Å². The molecule has 2 aliphatic rings. The Morgan fingerprint density at radius 2 is 2.33 bits per heavy atom. The van der Waals surface area contributed by atoms with Crippen LogP contribution in [0.1, 0.15) is 19.8 Å². The minimum absolute atomic E-state index is 0.242.